The highest BCUT2D eigenvalue weighted by molar-refractivity contribution is 5.28. The lowest BCUT2D eigenvalue weighted by molar-refractivity contribution is 0.133. The summed E-state index contributed by atoms with van der Waals surface area (Å²) >= 11 is 0. The molecule has 13 heavy (non-hydrogen) atoms. The van der Waals surface area contributed by atoms with E-state index in [9.17, 15) is 5.11 Å². The molecule has 1 aromatic rings. The average molecular weight is 176 g/mol. The van der Waals surface area contributed by atoms with Crippen molar-refractivity contribution in [2.24, 2.45) is 0 Å². The summed E-state index contributed by atoms with van der Waals surface area (Å²) in [5, 5.41) is 10.5. The summed E-state index contributed by atoms with van der Waals surface area (Å²) in [6.45, 7) is 2.70. The van der Waals surface area contributed by atoms with Crippen LogP contribution < -0.4 is 0 Å². The molecular weight excluding hydrogens is 162 g/mol. The number of fused-ring (bicyclic) bond motifs is 1. The summed E-state index contributed by atoms with van der Waals surface area (Å²) in [5.74, 6) is 0. The first-order valence-corrected chi connectivity index (χ1v) is 4.77. The molecule has 1 aromatic carbocycles. The Balaban J connectivity index is 2.11. The van der Waals surface area contributed by atoms with Crippen LogP contribution in [-0.4, -0.2) is 24.6 Å². The largest absolute Gasteiger partial charge is 0.296 e. The molecule has 0 bridgehead atoms. The topological polar surface area (TPSA) is 23.1 Å². The SMILES string of the molecule is [O]CCN1CCc2ccccc2C1. The number of rotatable bonds is 2. The van der Waals surface area contributed by atoms with Crippen LogP contribution in [0.3, 0.4) is 0 Å². The zero-order valence-electron chi connectivity index (χ0n) is 7.70. The first-order chi connectivity index (χ1) is 6.40. The van der Waals surface area contributed by atoms with Crippen LogP contribution in [0.2, 0.25) is 0 Å². The molecular formula is C11H14NO. The Morgan fingerprint density at radius 3 is 2.77 bits per heavy atom. The second-order valence-corrected chi connectivity index (χ2v) is 3.50. The molecule has 0 aliphatic carbocycles. The number of benzene rings is 1. The first-order valence-electron chi connectivity index (χ1n) is 4.77. The van der Waals surface area contributed by atoms with E-state index < -0.39 is 0 Å². The van der Waals surface area contributed by atoms with Crippen LogP contribution >= 0.6 is 0 Å². The van der Waals surface area contributed by atoms with Crippen molar-refractivity contribution < 1.29 is 5.11 Å². The molecule has 1 aliphatic heterocycles. The van der Waals surface area contributed by atoms with Crippen molar-refractivity contribution in [1.29, 1.82) is 0 Å². The third-order valence-electron chi connectivity index (χ3n) is 2.62. The van der Waals surface area contributed by atoms with Gasteiger partial charge in [0, 0.05) is 19.6 Å². The summed E-state index contributed by atoms with van der Waals surface area (Å²) < 4.78 is 0. The van der Waals surface area contributed by atoms with Crippen LogP contribution in [0.1, 0.15) is 11.1 Å². The number of hydrogen-bond donors (Lipinski definition) is 0. The van der Waals surface area contributed by atoms with E-state index in [1.165, 1.54) is 11.1 Å². The highest BCUT2D eigenvalue weighted by atomic mass is 16.3. The monoisotopic (exact) mass is 176 g/mol. The fourth-order valence-electron chi connectivity index (χ4n) is 1.87. The molecule has 2 nitrogen and oxygen atoms in total. The van der Waals surface area contributed by atoms with E-state index in [0.29, 0.717) is 6.54 Å². The normalized spacial score (nSPS) is 17.0. The summed E-state index contributed by atoms with van der Waals surface area (Å²) in [5.41, 5.74) is 2.84. The Labute approximate surface area is 78.8 Å². The maximum atomic E-state index is 10.5. The van der Waals surface area contributed by atoms with E-state index in [4.69, 9.17) is 0 Å². The van der Waals surface area contributed by atoms with Crippen LogP contribution in [0.5, 0.6) is 0 Å². The minimum absolute atomic E-state index is 0.0160. The van der Waals surface area contributed by atoms with Crippen molar-refractivity contribution in [2.75, 3.05) is 19.7 Å². The highest BCUT2D eigenvalue weighted by Crippen LogP contribution is 2.17. The van der Waals surface area contributed by atoms with Gasteiger partial charge in [-0.1, -0.05) is 24.3 Å². The third-order valence-corrected chi connectivity index (χ3v) is 2.62. The molecule has 1 aliphatic rings. The number of hydrogen-bond acceptors (Lipinski definition) is 1. The average Bonchev–Trinajstić information content (AvgIpc) is 2.18. The fraction of sp³-hybridized carbons (Fsp3) is 0.455. The van der Waals surface area contributed by atoms with Gasteiger partial charge in [0.25, 0.3) is 0 Å². The van der Waals surface area contributed by atoms with Crippen molar-refractivity contribution in [3.05, 3.63) is 35.4 Å². The summed E-state index contributed by atoms with van der Waals surface area (Å²) in [6, 6.07) is 8.50. The maximum absolute atomic E-state index is 10.5. The van der Waals surface area contributed by atoms with E-state index in [0.717, 1.165) is 19.5 Å². The predicted octanol–water partition coefficient (Wildman–Crippen LogP) is 1.48. The van der Waals surface area contributed by atoms with Gasteiger partial charge in [0.1, 0.15) is 0 Å². The van der Waals surface area contributed by atoms with E-state index in [-0.39, 0.29) is 6.61 Å². The molecule has 1 heterocycles. The predicted molar refractivity (Wildman–Crippen MR) is 51.0 cm³/mol. The Bertz CT molecular complexity index is 285. The molecule has 0 saturated carbocycles. The molecule has 0 spiro atoms. The van der Waals surface area contributed by atoms with Crippen LogP contribution in [0.4, 0.5) is 0 Å². The van der Waals surface area contributed by atoms with Gasteiger partial charge in [0.2, 0.25) is 0 Å². The second-order valence-electron chi connectivity index (χ2n) is 3.50. The minimum atomic E-state index is 0.0160. The Morgan fingerprint density at radius 2 is 2.00 bits per heavy atom. The Kier molecular flexibility index (Phi) is 2.62. The smallest absolute Gasteiger partial charge is 0.0949 e. The van der Waals surface area contributed by atoms with E-state index in [1.54, 1.807) is 0 Å². The maximum Gasteiger partial charge on any atom is 0.0949 e. The molecule has 0 amide bonds. The van der Waals surface area contributed by atoms with Crippen molar-refractivity contribution in [3.63, 3.8) is 0 Å². The molecule has 0 aromatic heterocycles. The molecule has 1 radical (unpaired) electrons. The van der Waals surface area contributed by atoms with Crippen LogP contribution in [0.25, 0.3) is 0 Å². The standard InChI is InChI=1S/C11H14NO/c13-8-7-12-6-5-10-3-1-2-4-11(10)9-12/h1-4H,5-9H2. The highest BCUT2D eigenvalue weighted by Gasteiger charge is 2.14. The van der Waals surface area contributed by atoms with Gasteiger partial charge in [-0.2, -0.15) is 0 Å². The van der Waals surface area contributed by atoms with Gasteiger partial charge in [-0.05, 0) is 17.5 Å². The van der Waals surface area contributed by atoms with Crippen molar-refractivity contribution in [2.45, 2.75) is 13.0 Å². The zero-order valence-corrected chi connectivity index (χ0v) is 7.70. The molecule has 69 valence electrons. The second kappa shape index (κ2) is 3.90. The third kappa shape index (κ3) is 1.90. The van der Waals surface area contributed by atoms with Gasteiger partial charge in [-0.25, -0.2) is 5.11 Å². The van der Waals surface area contributed by atoms with Gasteiger partial charge in [-0.15, -0.1) is 0 Å². The Hall–Kier alpha value is -0.860. The zero-order chi connectivity index (χ0) is 9.10. The summed E-state index contributed by atoms with van der Waals surface area (Å²) in [4.78, 5) is 2.23. The molecule has 0 saturated heterocycles. The Morgan fingerprint density at radius 1 is 1.23 bits per heavy atom. The van der Waals surface area contributed by atoms with E-state index in [2.05, 4.69) is 29.2 Å². The molecule has 0 N–H and O–H groups in total. The quantitative estimate of drug-likeness (QED) is 0.669. The van der Waals surface area contributed by atoms with Gasteiger partial charge < -0.3 is 0 Å². The van der Waals surface area contributed by atoms with Gasteiger partial charge in [-0.3, -0.25) is 4.90 Å². The molecule has 2 rings (SSSR count). The minimum Gasteiger partial charge on any atom is -0.296 e. The van der Waals surface area contributed by atoms with Crippen molar-refractivity contribution in [3.8, 4) is 0 Å². The van der Waals surface area contributed by atoms with Crippen molar-refractivity contribution >= 4 is 0 Å². The van der Waals surface area contributed by atoms with Gasteiger partial charge in [0.05, 0.1) is 6.61 Å². The van der Waals surface area contributed by atoms with Crippen LogP contribution in [0, 0.1) is 0 Å². The lowest BCUT2D eigenvalue weighted by atomic mass is 10.0. The molecule has 0 atom stereocenters. The van der Waals surface area contributed by atoms with Crippen LogP contribution in [0.15, 0.2) is 24.3 Å². The summed E-state index contributed by atoms with van der Waals surface area (Å²) in [6.07, 6.45) is 1.09. The fourth-order valence-corrected chi connectivity index (χ4v) is 1.87. The van der Waals surface area contributed by atoms with Crippen LogP contribution in [-0.2, 0) is 18.1 Å². The van der Waals surface area contributed by atoms with Gasteiger partial charge >= 0.3 is 0 Å². The van der Waals surface area contributed by atoms with E-state index >= 15 is 0 Å². The first kappa shape index (κ1) is 8.73. The molecule has 0 fully saturated rings. The lowest BCUT2D eigenvalue weighted by Crippen LogP contribution is -2.32. The van der Waals surface area contributed by atoms with E-state index in [1.807, 2.05) is 0 Å². The lowest BCUT2D eigenvalue weighted by Gasteiger charge is -2.27. The molecule has 2 heteroatoms. The summed E-state index contributed by atoms with van der Waals surface area (Å²) in [7, 11) is 0. The molecule has 0 unspecified atom stereocenters. The van der Waals surface area contributed by atoms with Crippen molar-refractivity contribution in [1.82, 2.24) is 4.90 Å². The number of nitrogens with zero attached hydrogens (tertiary/aromatic N) is 1. The van der Waals surface area contributed by atoms with Gasteiger partial charge in [0.15, 0.2) is 0 Å².